The highest BCUT2D eigenvalue weighted by Crippen LogP contribution is 2.32. The molecule has 0 bridgehead atoms. The summed E-state index contributed by atoms with van der Waals surface area (Å²) >= 11 is 4.80. The third-order valence-electron chi connectivity index (χ3n) is 4.85. The Morgan fingerprint density at radius 3 is 2.50 bits per heavy atom. The molecule has 3 aromatic carbocycles. The number of hydrogen-bond donors (Lipinski definition) is 1. The molecule has 0 radical (unpaired) electrons. The standard InChI is InChI=1S/C24H18BrF3N2OS/c25-18-10-8-16(9-11-18)13-30-14-22(20-6-1-2-7-21(20)30)32-15-23(31)29-19-5-3-4-17(12-19)24(26,27)28/h1-12,14H,13,15H2,(H,29,31). The van der Waals surface area contributed by atoms with Crippen molar-refractivity contribution >= 4 is 50.2 Å². The molecule has 3 nitrogen and oxygen atoms in total. The Labute approximate surface area is 195 Å². The molecule has 0 unspecified atom stereocenters. The molecular weight excluding hydrogens is 501 g/mol. The van der Waals surface area contributed by atoms with Gasteiger partial charge in [-0.15, -0.1) is 11.8 Å². The van der Waals surface area contributed by atoms with Gasteiger partial charge in [0.05, 0.1) is 11.3 Å². The number of rotatable bonds is 6. The topological polar surface area (TPSA) is 34.0 Å². The Morgan fingerprint density at radius 1 is 1.00 bits per heavy atom. The largest absolute Gasteiger partial charge is 0.416 e. The van der Waals surface area contributed by atoms with Gasteiger partial charge in [-0.1, -0.05) is 52.3 Å². The van der Waals surface area contributed by atoms with Crippen LogP contribution in [0.25, 0.3) is 10.9 Å². The fourth-order valence-corrected chi connectivity index (χ4v) is 4.51. The van der Waals surface area contributed by atoms with Crippen LogP contribution in [0.15, 0.2) is 88.4 Å². The first-order valence-electron chi connectivity index (χ1n) is 9.72. The summed E-state index contributed by atoms with van der Waals surface area (Å²) in [6, 6.07) is 20.7. The van der Waals surface area contributed by atoms with Crippen LogP contribution in [0, 0.1) is 0 Å². The minimum absolute atomic E-state index is 0.0859. The van der Waals surface area contributed by atoms with Crippen LogP contribution in [0.1, 0.15) is 11.1 Å². The van der Waals surface area contributed by atoms with E-state index < -0.39 is 11.7 Å². The second-order valence-electron chi connectivity index (χ2n) is 7.18. The van der Waals surface area contributed by atoms with Gasteiger partial charge in [-0.3, -0.25) is 4.79 Å². The minimum Gasteiger partial charge on any atom is -0.342 e. The van der Waals surface area contributed by atoms with Crippen LogP contribution in [-0.4, -0.2) is 16.2 Å². The first-order chi connectivity index (χ1) is 15.3. The maximum absolute atomic E-state index is 12.9. The molecule has 0 aliphatic heterocycles. The zero-order chi connectivity index (χ0) is 22.7. The number of anilines is 1. The molecule has 1 amide bonds. The van der Waals surface area contributed by atoms with E-state index in [4.69, 9.17) is 0 Å². The van der Waals surface area contributed by atoms with Gasteiger partial charge in [-0.2, -0.15) is 13.2 Å². The van der Waals surface area contributed by atoms with Gasteiger partial charge < -0.3 is 9.88 Å². The molecule has 1 aromatic heterocycles. The summed E-state index contributed by atoms with van der Waals surface area (Å²) in [7, 11) is 0. The van der Waals surface area contributed by atoms with Crippen molar-refractivity contribution < 1.29 is 18.0 Å². The van der Waals surface area contributed by atoms with Crippen LogP contribution in [-0.2, 0) is 17.5 Å². The monoisotopic (exact) mass is 518 g/mol. The predicted octanol–water partition coefficient (Wildman–Crippen LogP) is 7.20. The van der Waals surface area contributed by atoms with Crippen molar-refractivity contribution in [2.24, 2.45) is 0 Å². The molecule has 1 heterocycles. The molecule has 4 rings (SSSR count). The molecule has 1 N–H and O–H groups in total. The first kappa shape index (κ1) is 22.5. The second kappa shape index (κ2) is 9.42. The lowest BCUT2D eigenvalue weighted by molar-refractivity contribution is -0.137. The van der Waals surface area contributed by atoms with E-state index >= 15 is 0 Å². The highest BCUT2D eigenvalue weighted by atomic mass is 79.9. The van der Waals surface area contributed by atoms with Crippen molar-refractivity contribution in [1.29, 1.82) is 0 Å². The number of nitrogens with one attached hydrogen (secondary N) is 1. The third-order valence-corrected chi connectivity index (χ3v) is 6.42. The quantitative estimate of drug-likeness (QED) is 0.274. The van der Waals surface area contributed by atoms with E-state index in [0.717, 1.165) is 38.0 Å². The van der Waals surface area contributed by atoms with Crippen molar-refractivity contribution in [1.82, 2.24) is 4.57 Å². The summed E-state index contributed by atoms with van der Waals surface area (Å²) in [6.45, 7) is 0.685. The average molecular weight is 519 g/mol. The van der Waals surface area contributed by atoms with Crippen LogP contribution < -0.4 is 5.32 Å². The number of amides is 1. The lowest BCUT2D eigenvalue weighted by Gasteiger charge is -2.09. The third kappa shape index (κ3) is 5.37. The molecule has 0 aliphatic rings. The van der Waals surface area contributed by atoms with Crippen LogP contribution in [0.5, 0.6) is 0 Å². The summed E-state index contributed by atoms with van der Waals surface area (Å²) < 4.78 is 41.8. The van der Waals surface area contributed by atoms with E-state index in [1.807, 2.05) is 54.7 Å². The summed E-state index contributed by atoms with van der Waals surface area (Å²) in [4.78, 5) is 13.3. The molecule has 0 aliphatic carbocycles. The average Bonchev–Trinajstić information content (AvgIpc) is 3.11. The highest BCUT2D eigenvalue weighted by molar-refractivity contribution is 9.10. The molecule has 0 spiro atoms. The van der Waals surface area contributed by atoms with Gasteiger partial charge >= 0.3 is 6.18 Å². The molecule has 0 saturated carbocycles. The van der Waals surface area contributed by atoms with E-state index in [9.17, 15) is 18.0 Å². The van der Waals surface area contributed by atoms with E-state index in [1.165, 1.54) is 23.9 Å². The number of para-hydroxylation sites is 1. The number of alkyl halides is 3. The Morgan fingerprint density at radius 2 is 1.75 bits per heavy atom. The number of thioether (sulfide) groups is 1. The number of aromatic nitrogens is 1. The predicted molar refractivity (Wildman–Crippen MR) is 126 cm³/mol. The van der Waals surface area contributed by atoms with Gasteiger partial charge in [0.1, 0.15) is 0 Å². The number of carbonyl (C=O) groups excluding carboxylic acids is 1. The fourth-order valence-electron chi connectivity index (χ4n) is 3.36. The van der Waals surface area contributed by atoms with Crippen molar-refractivity contribution in [2.45, 2.75) is 17.6 Å². The Balaban J connectivity index is 1.47. The maximum atomic E-state index is 12.9. The van der Waals surface area contributed by atoms with Crippen LogP contribution in [0.2, 0.25) is 0 Å². The number of benzene rings is 3. The Hall–Kier alpha value is -2.71. The molecule has 4 aromatic rings. The molecule has 8 heteroatoms. The maximum Gasteiger partial charge on any atom is 0.416 e. The zero-order valence-corrected chi connectivity index (χ0v) is 19.1. The van der Waals surface area contributed by atoms with Crippen molar-refractivity contribution in [3.8, 4) is 0 Å². The highest BCUT2D eigenvalue weighted by Gasteiger charge is 2.30. The van der Waals surface area contributed by atoms with Gasteiger partial charge in [-0.05, 0) is 42.0 Å². The molecule has 164 valence electrons. The van der Waals surface area contributed by atoms with Crippen LogP contribution in [0.3, 0.4) is 0 Å². The van der Waals surface area contributed by atoms with Gasteiger partial charge in [0.15, 0.2) is 0 Å². The van der Waals surface area contributed by atoms with Crippen LogP contribution in [0.4, 0.5) is 18.9 Å². The number of halogens is 4. The van der Waals surface area contributed by atoms with E-state index in [1.54, 1.807) is 0 Å². The van der Waals surface area contributed by atoms with Crippen molar-refractivity contribution in [2.75, 3.05) is 11.1 Å². The lowest BCUT2D eigenvalue weighted by Crippen LogP contribution is -2.15. The molecule has 0 fully saturated rings. The molecule has 0 atom stereocenters. The number of carbonyl (C=O) groups is 1. The van der Waals surface area contributed by atoms with Gasteiger partial charge in [0.25, 0.3) is 0 Å². The first-order valence-corrected chi connectivity index (χ1v) is 11.5. The van der Waals surface area contributed by atoms with E-state index in [0.29, 0.717) is 6.54 Å². The Kier molecular flexibility index (Phi) is 6.62. The zero-order valence-electron chi connectivity index (χ0n) is 16.7. The SMILES string of the molecule is O=C(CSc1cn(Cc2ccc(Br)cc2)c2ccccc12)Nc1cccc(C(F)(F)F)c1. The smallest absolute Gasteiger partial charge is 0.342 e. The lowest BCUT2D eigenvalue weighted by atomic mass is 10.2. The van der Waals surface area contributed by atoms with Crippen LogP contribution >= 0.6 is 27.7 Å². The van der Waals surface area contributed by atoms with Gasteiger partial charge in [-0.25, -0.2) is 0 Å². The van der Waals surface area contributed by atoms with E-state index in [2.05, 4.69) is 25.8 Å². The second-order valence-corrected chi connectivity index (χ2v) is 9.11. The Bertz CT molecular complexity index is 1250. The molecular formula is C24H18BrF3N2OS. The molecule has 32 heavy (non-hydrogen) atoms. The summed E-state index contributed by atoms with van der Waals surface area (Å²) in [6.07, 6.45) is -2.44. The summed E-state index contributed by atoms with van der Waals surface area (Å²) in [5, 5.41) is 3.58. The summed E-state index contributed by atoms with van der Waals surface area (Å²) in [5.74, 6) is -0.276. The number of fused-ring (bicyclic) bond motifs is 1. The molecule has 0 saturated heterocycles. The fraction of sp³-hybridized carbons (Fsp3) is 0.125. The number of hydrogen-bond acceptors (Lipinski definition) is 2. The minimum atomic E-state index is -4.45. The van der Waals surface area contributed by atoms with Crippen molar-refractivity contribution in [3.63, 3.8) is 0 Å². The number of nitrogens with zero attached hydrogens (tertiary/aromatic N) is 1. The van der Waals surface area contributed by atoms with Gasteiger partial charge in [0.2, 0.25) is 5.91 Å². The van der Waals surface area contributed by atoms with Gasteiger partial charge in [0, 0.05) is 38.7 Å². The van der Waals surface area contributed by atoms with Crippen molar-refractivity contribution in [3.05, 3.63) is 94.6 Å². The van der Waals surface area contributed by atoms with E-state index in [-0.39, 0.29) is 17.3 Å². The summed E-state index contributed by atoms with van der Waals surface area (Å²) in [5.41, 5.74) is 1.53. The normalized spacial score (nSPS) is 11.6.